The van der Waals surface area contributed by atoms with Crippen molar-refractivity contribution in [3.63, 3.8) is 0 Å². The van der Waals surface area contributed by atoms with Gasteiger partial charge in [-0.15, -0.1) is 24.0 Å². The van der Waals surface area contributed by atoms with E-state index in [-0.39, 0.29) is 59.5 Å². The molecule has 8 heteroatoms. The molecular formula is C22H28ClIN4O2. The molecule has 4 rings (SSSR count). The van der Waals surface area contributed by atoms with Crippen molar-refractivity contribution >= 4 is 53.4 Å². The predicted octanol–water partition coefficient (Wildman–Crippen LogP) is 3.21. The average molecular weight is 543 g/mol. The van der Waals surface area contributed by atoms with Crippen LogP contribution >= 0.6 is 35.6 Å². The normalized spacial score (nSPS) is 26.7. The average Bonchev–Trinajstić information content (AvgIpc) is 3.39. The Balaban J connectivity index is 0.00000256. The van der Waals surface area contributed by atoms with E-state index >= 15 is 0 Å². The Morgan fingerprint density at radius 1 is 1.13 bits per heavy atom. The van der Waals surface area contributed by atoms with E-state index in [1.54, 1.807) is 0 Å². The smallest absolute Gasteiger partial charge is 0.233 e. The second-order valence-electron chi connectivity index (χ2n) is 7.89. The lowest BCUT2D eigenvalue weighted by Gasteiger charge is -2.18. The first-order valence-electron chi connectivity index (χ1n) is 10.4. The standard InChI is InChI=1S/C22H27ClN4O2.HI/c1-2-24-22(26-13-16-6-3-4-7-17(16)23)25-10-5-11-27-20(28)18-14-8-9-15(12-14)19(18)21(27)29;/h3-4,6-9,14-15,18-19H,2,5,10-13H2,1H3,(H2,24,25,26);1H. The van der Waals surface area contributed by atoms with Gasteiger partial charge in [-0.3, -0.25) is 14.5 Å². The molecule has 1 heterocycles. The second kappa shape index (κ2) is 10.1. The van der Waals surface area contributed by atoms with Crippen molar-refractivity contribution in [1.82, 2.24) is 15.5 Å². The van der Waals surface area contributed by atoms with E-state index < -0.39 is 0 Å². The summed E-state index contributed by atoms with van der Waals surface area (Å²) in [5.74, 6) is 1.06. The molecular weight excluding hydrogens is 515 g/mol. The molecule has 162 valence electrons. The van der Waals surface area contributed by atoms with Gasteiger partial charge in [0.05, 0.1) is 18.4 Å². The Labute approximate surface area is 199 Å². The zero-order chi connectivity index (χ0) is 20.4. The van der Waals surface area contributed by atoms with Gasteiger partial charge in [-0.1, -0.05) is 42.0 Å². The maximum atomic E-state index is 12.7. The molecule has 0 radical (unpaired) electrons. The van der Waals surface area contributed by atoms with Crippen molar-refractivity contribution < 1.29 is 9.59 Å². The number of likely N-dealkylation sites (tertiary alicyclic amines) is 1. The Hall–Kier alpha value is -1.61. The number of hydrogen-bond acceptors (Lipinski definition) is 3. The van der Waals surface area contributed by atoms with Crippen LogP contribution in [0.1, 0.15) is 25.3 Å². The molecule has 4 unspecified atom stereocenters. The van der Waals surface area contributed by atoms with Crippen LogP contribution in [0.2, 0.25) is 5.02 Å². The van der Waals surface area contributed by atoms with Crippen LogP contribution in [0, 0.1) is 23.7 Å². The van der Waals surface area contributed by atoms with E-state index in [2.05, 4.69) is 27.8 Å². The molecule has 2 bridgehead atoms. The van der Waals surface area contributed by atoms with Crippen LogP contribution in [0.3, 0.4) is 0 Å². The van der Waals surface area contributed by atoms with Gasteiger partial charge in [0.2, 0.25) is 11.8 Å². The highest BCUT2D eigenvalue weighted by molar-refractivity contribution is 14.0. The largest absolute Gasteiger partial charge is 0.357 e. The minimum atomic E-state index is -0.111. The van der Waals surface area contributed by atoms with Crippen LogP contribution in [0.25, 0.3) is 0 Å². The third kappa shape index (κ3) is 4.51. The van der Waals surface area contributed by atoms with Gasteiger partial charge < -0.3 is 10.6 Å². The summed E-state index contributed by atoms with van der Waals surface area (Å²) in [6, 6.07) is 7.65. The molecule has 4 atom stereocenters. The van der Waals surface area contributed by atoms with Gasteiger partial charge in [0.15, 0.2) is 5.96 Å². The third-order valence-corrected chi connectivity index (χ3v) is 6.49. The number of carbonyl (C=O) groups is 2. The van der Waals surface area contributed by atoms with Crippen LogP contribution in [0.15, 0.2) is 41.4 Å². The molecule has 0 aromatic heterocycles. The molecule has 1 aromatic carbocycles. The van der Waals surface area contributed by atoms with Gasteiger partial charge in [0.1, 0.15) is 0 Å². The lowest BCUT2D eigenvalue weighted by atomic mass is 9.85. The van der Waals surface area contributed by atoms with Crippen LogP contribution in [-0.2, 0) is 16.1 Å². The fourth-order valence-corrected chi connectivity index (χ4v) is 4.96. The number of nitrogens with zero attached hydrogens (tertiary/aromatic N) is 2. The maximum Gasteiger partial charge on any atom is 0.233 e. The Bertz CT molecular complexity index is 829. The number of amides is 2. The molecule has 0 spiro atoms. The first-order chi connectivity index (χ1) is 14.1. The van der Waals surface area contributed by atoms with E-state index in [1.807, 2.05) is 31.2 Å². The number of halogens is 2. The van der Waals surface area contributed by atoms with Crippen molar-refractivity contribution in [2.24, 2.45) is 28.7 Å². The molecule has 2 aliphatic carbocycles. The highest BCUT2D eigenvalue weighted by atomic mass is 127. The SMILES string of the molecule is CCNC(=NCc1ccccc1Cl)NCCCN1C(=O)C2C3C=CC(C3)C2C1=O.I. The van der Waals surface area contributed by atoms with Gasteiger partial charge in [-0.2, -0.15) is 0 Å². The topological polar surface area (TPSA) is 73.8 Å². The lowest BCUT2D eigenvalue weighted by Crippen LogP contribution is -2.40. The number of aliphatic imine (C=N–C) groups is 1. The number of fused-ring (bicyclic) bond motifs is 5. The van der Waals surface area contributed by atoms with Crippen LogP contribution in [0.5, 0.6) is 0 Å². The highest BCUT2D eigenvalue weighted by Gasteiger charge is 2.58. The number of carbonyl (C=O) groups excluding carboxylic acids is 2. The number of benzene rings is 1. The number of allylic oxidation sites excluding steroid dienone is 2. The minimum absolute atomic E-state index is 0. The van der Waals surface area contributed by atoms with Crippen molar-refractivity contribution in [2.75, 3.05) is 19.6 Å². The van der Waals surface area contributed by atoms with Crippen molar-refractivity contribution in [3.8, 4) is 0 Å². The van der Waals surface area contributed by atoms with E-state index in [0.29, 0.717) is 37.0 Å². The quantitative estimate of drug-likeness (QED) is 0.139. The zero-order valence-corrected chi connectivity index (χ0v) is 20.1. The van der Waals surface area contributed by atoms with Crippen LogP contribution in [-0.4, -0.2) is 42.3 Å². The summed E-state index contributed by atoms with van der Waals surface area (Å²) in [5, 5.41) is 7.19. The number of guanidine groups is 1. The Kier molecular flexibility index (Phi) is 7.79. The van der Waals surface area contributed by atoms with Gasteiger partial charge in [0.25, 0.3) is 0 Å². The molecule has 30 heavy (non-hydrogen) atoms. The molecule has 1 aliphatic heterocycles. The maximum absolute atomic E-state index is 12.7. The number of nitrogens with one attached hydrogen (secondary N) is 2. The van der Waals surface area contributed by atoms with Crippen LogP contribution in [0.4, 0.5) is 0 Å². The fraction of sp³-hybridized carbons (Fsp3) is 0.500. The highest BCUT2D eigenvalue weighted by Crippen LogP contribution is 2.52. The summed E-state index contributed by atoms with van der Waals surface area (Å²) in [6.07, 6.45) is 5.91. The Morgan fingerprint density at radius 3 is 2.43 bits per heavy atom. The van der Waals surface area contributed by atoms with Crippen molar-refractivity contribution in [1.29, 1.82) is 0 Å². The number of rotatable bonds is 7. The van der Waals surface area contributed by atoms with E-state index in [4.69, 9.17) is 11.6 Å². The first-order valence-corrected chi connectivity index (χ1v) is 10.8. The fourth-order valence-electron chi connectivity index (χ4n) is 4.76. The molecule has 1 saturated heterocycles. The molecule has 2 fully saturated rings. The lowest BCUT2D eigenvalue weighted by molar-refractivity contribution is -0.140. The first kappa shape index (κ1) is 23.1. The number of imide groups is 1. The monoisotopic (exact) mass is 542 g/mol. The van der Waals surface area contributed by atoms with Crippen molar-refractivity contribution in [3.05, 3.63) is 47.0 Å². The number of hydrogen-bond donors (Lipinski definition) is 2. The minimum Gasteiger partial charge on any atom is -0.357 e. The molecule has 1 saturated carbocycles. The Morgan fingerprint density at radius 2 is 1.80 bits per heavy atom. The predicted molar refractivity (Wildman–Crippen MR) is 129 cm³/mol. The van der Waals surface area contributed by atoms with E-state index in [9.17, 15) is 9.59 Å². The van der Waals surface area contributed by atoms with Gasteiger partial charge >= 0.3 is 0 Å². The summed E-state index contributed by atoms with van der Waals surface area (Å²) >= 11 is 6.19. The zero-order valence-electron chi connectivity index (χ0n) is 17.0. The molecule has 1 aromatic rings. The summed E-state index contributed by atoms with van der Waals surface area (Å²) in [7, 11) is 0. The van der Waals surface area contributed by atoms with E-state index in [1.165, 1.54) is 4.90 Å². The molecule has 3 aliphatic rings. The summed E-state index contributed by atoms with van der Waals surface area (Å²) in [5.41, 5.74) is 0.967. The summed E-state index contributed by atoms with van der Waals surface area (Å²) < 4.78 is 0. The molecule has 2 amide bonds. The van der Waals surface area contributed by atoms with Gasteiger partial charge in [-0.25, -0.2) is 4.99 Å². The third-order valence-electron chi connectivity index (χ3n) is 6.12. The van der Waals surface area contributed by atoms with Gasteiger partial charge in [-0.05, 0) is 43.2 Å². The second-order valence-corrected chi connectivity index (χ2v) is 8.30. The summed E-state index contributed by atoms with van der Waals surface area (Å²) in [4.78, 5) is 31.5. The summed E-state index contributed by atoms with van der Waals surface area (Å²) in [6.45, 7) is 4.33. The molecule has 6 nitrogen and oxygen atoms in total. The molecule has 2 N–H and O–H groups in total. The van der Waals surface area contributed by atoms with Crippen LogP contribution < -0.4 is 10.6 Å². The van der Waals surface area contributed by atoms with Crippen molar-refractivity contribution in [2.45, 2.75) is 26.3 Å². The van der Waals surface area contributed by atoms with Gasteiger partial charge in [0, 0.05) is 24.7 Å². The van der Waals surface area contributed by atoms with E-state index in [0.717, 1.165) is 18.5 Å².